The highest BCUT2D eigenvalue weighted by molar-refractivity contribution is 7.12. The van der Waals surface area contributed by atoms with E-state index in [1.807, 2.05) is 6.07 Å². The molecule has 0 bridgehead atoms. The number of methoxy groups -OCH3 is 1. The van der Waals surface area contributed by atoms with Crippen molar-refractivity contribution >= 4 is 17.2 Å². The van der Waals surface area contributed by atoms with Crippen LogP contribution in [0.2, 0.25) is 0 Å². The van der Waals surface area contributed by atoms with Crippen LogP contribution in [0.1, 0.15) is 20.8 Å². The highest BCUT2D eigenvalue weighted by Gasteiger charge is 2.13. The molecule has 0 spiro atoms. The number of hydrogen-bond acceptors (Lipinski definition) is 6. The Morgan fingerprint density at radius 1 is 1.38 bits per heavy atom. The van der Waals surface area contributed by atoms with Gasteiger partial charge in [0, 0.05) is 5.56 Å². The van der Waals surface area contributed by atoms with Gasteiger partial charge in [0.05, 0.1) is 18.6 Å². The van der Waals surface area contributed by atoms with Crippen molar-refractivity contribution in [3.63, 3.8) is 0 Å². The van der Waals surface area contributed by atoms with E-state index in [9.17, 15) is 4.79 Å². The largest absolute Gasteiger partial charge is 0.493 e. The van der Waals surface area contributed by atoms with E-state index in [0.717, 1.165) is 11.1 Å². The summed E-state index contributed by atoms with van der Waals surface area (Å²) in [6.07, 6.45) is 0. The van der Waals surface area contributed by atoms with Crippen molar-refractivity contribution in [3.8, 4) is 11.5 Å². The molecule has 7 heteroatoms. The van der Waals surface area contributed by atoms with E-state index in [0.29, 0.717) is 16.4 Å². The molecular weight excluding hydrogens is 292 g/mol. The van der Waals surface area contributed by atoms with Crippen LogP contribution in [0.4, 0.5) is 0 Å². The number of thiophene rings is 1. The highest BCUT2D eigenvalue weighted by atomic mass is 32.1. The number of hydrazine groups is 1. The number of rotatable bonds is 6. The lowest BCUT2D eigenvalue weighted by atomic mass is 10.2. The molecule has 0 fully saturated rings. The summed E-state index contributed by atoms with van der Waals surface area (Å²) in [7, 11) is 1.53. The standard InChI is InChI=1S/C14H16N2O4S/c1-19-12-6-9(7-17)2-3-11(12)20-8-10-4-5-21-13(10)14(18)16-15/h2-6,17H,7-8,15H2,1H3,(H,16,18). The molecular formula is C14H16N2O4S. The molecule has 0 saturated carbocycles. The molecule has 1 aromatic carbocycles. The third kappa shape index (κ3) is 3.52. The number of hydrogen-bond donors (Lipinski definition) is 3. The maximum atomic E-state index is 11.6. The number of carbonyl (C=O) groups excluding carboxylic acids is 1. The van der Waals surface area contributed by atoms with Gasteiger partial charge in [0.1, 0.15) is 6.61 Å². The first-order chi connectivity index (χ1) is 10.2. The molecule has 2 rings (SSSR count). The summed E-state index contributed by atoms with van der Waals surface area (Å²) in [5, 5.41) is 10.9. The zero-order valence-electron chi connectivity index (χ0n) is 11.5. The van der Waals surface area contributed by atoms with Crippen LogP contribution in [0, 0.1) is 0 Å². The lowest BCUT2D eigenvalue weighted by Crippen LogP contribution is -2.30. The fraction of sp³-hybridized carbons (Fsp3) is 0.214. The van der Waals surface area contributed by atoms with E-state index in [1.165, 1.54) is 18.4 Å². The summed E-state index contributed by atoms with van der Waals surface area (Å²) in [6.45, 7) is 0.156. The molecule has 0 aliphatic carbocycles. The maximum Gasteiger partial charge on any atom is 0.275 e. The van der Waals surface area contributed by atoms with Gasteiger partial charge in [-0.1, -0.05) is 6.07 Å². The van der Waals surface area contributed by atoms with Gasteiger partial charge in [0.15, 0.2) is 11.5 Å². The average molecular weight is 308 g/mol. The predicted molar refractivity (Wildman–Crippen MR) is 79.2 cm³/mol. The van der Waals surface area contributed by atoms with Gasteiger partial charge in [-0.25, -0.2) is 5.84 Å². The van der Waals surface area contributed by atoms with Gasteiger partial charge in [-0.15, -0.1) is 11.3 Å². The molecule has 0 atom stereocenters. The molecule has 2 aromatic rings. The van der Waals surface area contributed by atoms with E-state index in [2.05, 4.69) is 5.43 Å². The summed E-state index contributed by atoms with van der Waals surface area (Å²) < 4.78 is 10.9. The Kier molecular flexibility index (Phi) is 5.15. The minimum atomic E-state index is -0.341. The number of benzene rings is 1. The van der Waals surface area contributed by atoms with Crippen molar-refractivity contribution in [1.29, 1.82) is 0 Å². The average Bonchev–Trinajstić information content (AvgIpc) is 3.00. The Balaban J connectivity index is 2.13. The molecule has 0 unspecified atom stereocenters. The zero-order chi connectivity index (χ0) is 15.2. The second-order valence-corrected chi connectivity index (χ2v) is 5.10. The highest BCUT2D eigenvalue weighted by Crippen LogP contribution is 2.29. The molecule has 0 aliphatic heterocycles. The second kappa shape index (κ2) is 7.07. The van der Waals surface area contributed by atoms with Crippen molar-refractivity contribution in [2.24, 2.45) is 5.84 Å². The van der Waals surface area contributed by atoms with Gasteiger partial charge in [-0.3, -0.25) is 10.2 Å². The summed E-state index contributed by atoms with van der Waals surface area (Å²) in [6, 6.07) is 6.98. The van der Waals surface area contributed by atoms with Crippen molar-refractivity contribution in [2.75, 3.05) is 7.11 Å². The number of nitrogens with one attached hydrogen (secondary N) is 1. The first kappa shape index (κ1) is 15.3. The van der Waals surface area contributed by atoms with Gasteiger partial charge < -0.3 is 14.6 Å². The van der Waals surface area contributed by atoms with Crippen LogP contribution in [-0.2, 0) is 13.2 Å². The van der Waals surface area contributed by atoms with E-state index < -0.39 is 0 Å². The lowest BCUT2D eigenvalue weighted by Gasteiger charge is -2.12. The fourth-order valence-electron chi connectivity index (χ4n) is 1.80. The number of nitrogens with two attached hydrogens (primary N) is 1. The number of ether oxygens (including phenoxy) is 2. The van der Waals surface area contributed by atoms with Gasteiger partial charge in [-0.2, -0.15) is 0 Å². The molecule has 21 heavy (non-hydrogen) atoms. The molecule has 4 N–H and O–H groups in total. The van der Waals surface area contributed by atoms with Crippen molar-refractivity contribution in [2.45, 2.75) is 13.2 Å². The quantitative estimate of drug-likeness (QED) is 0.426. The molecule has 1 amide bonds. The summed E-state index contributed by atoms with van der Waals surface area (Å²) >= 11 is 1.30. The smallest absolute Gasteiger partial charge is 0.275 e. The molecule has 0 saturated heterocycles. The fourth-order valence-corrected chi connectivity index (χ4v) is 2.61. The molecule has 6 nitrogen and oxygen atoms in total. The van der Waals surface area contributed by atoms with Crippen LogP contribution in [0.5, 0.6) is 11.5 Å². The molecule has 0 radical (unpaired) electrons. The number of amides is 1. The van der Waals surface area contributed by atoms with Gasteiger partial charge >= 0.3 is 0 Å². The minimum absolute atomic E-state index is 0.0675. The Hall–Kier alpha value is -2.09. The molecule has 112 valence electrons. The third-order valence-electron chi connectivity index (χ3n) is 2.88. The minimum Gasteiger partial charge on any atom is -0.493 e. The van der Waals surface area contributed by atoms with Gasteiger partial charge in [-0.05, 0) is 29.1 Å². The Bertz CT molecular complexity index is 627. The molecule has 1 aromatic heterocycles. The monoisotopic (exact) mass is 308 g/mol. The van der Waals surface area contributed by atoms with E-state index in [1.54, 1.807) is 23.6 Å². The zero-order valence-corrected chi connectivity index (χ0v) is 12.3. The summed E-state index contributed by atoms with van der Waals surface area (Å²) in [5.74, 6) is 5.87. The summed E-state index contributed by atoms with van der Waals surface area (Å²) in [4.78, 5) is 12.1. The topological polar surface area (TPSA) is 93.8 Å². The van der Waals surface area contributed by atoms with Crippen LogP contribution in [0.15, 0.2) is 29.6 Å². The van der Waals surface area contributed by atoms with Crippen LogP contribution in [0.25, 0.3) is 0 Å². The Morgan fingerprint density at radius 3 is 2.86 bits per heavy atom. The second-order valence-electron chi connectivity index (χ2n) is 4.18. The van der Waals surface area contributed by atoms with Gasteiger partial charge in [0.25, 0.3) is 5.91 Å². The molecule has 1 heterocycles. The lowest BCUT2D eigenvalue weighted by molar-refractivity contribution is 0.0955. The first-order valence-electron chi connectivity index (χ1n) is 6.17. The first-order valence-corrected chi connectivity index (χ1v) is 7.05. The van der Waals surface area contributed by atoms with Crippen LogP contribution in [0.3, 0.4) is 0 Å². The van der Waals surface area contributed by atoms with Crippen molar-refractivity contribution in [1.82, 2.24) is 5.43 Å². The maximum absolute atomic E-state index is 11.6. The molecule has 0 aliphatic rings. The van der Waals surface area contributed by atoms with Crippen molar-refractivity contribution < 1.29 is 19.4 Å². The Morgan fingerprint density at radius 2 is 2.19 bits per heavy atom. The van der Waals surface area contributed by atoms with E-state index >= 15 is 0 Å². The van der Waals surface area contributed by atoms with Crippen LogP contribution < -0.4 is 20.7 Å². The van der Waals surface area contributed by atoms with E-state index in [-0.39, 0.29) is 19.1 Å². The SMILES string of the molecule is COc1cc(CO)ccc1OCc1ccsc1C(=O)NN. The third-order valence-corrected chi connectivity index (χ3v) is 3.83. The Labute approximate surface area is 126 Å². The summed E-state index contributed by atoms with van der Waals surface area (Å²) in [5.41, 5.74) is 3.59. The number of aliphatic hydroxyl groups excluding tert-OH is 1. The predicted octanol–water partition coefficient (Wildman–Crippen LogP) is 1.43. The number of nitrogen functional groups attached to an aromatic ring is 1. The number of carbonyl (C=O) groups is 1. The van der Waals surface area contributed by atoms with Crippen LogP contribution in [-0.4, -0.2) is 18.1 Å². The van der Waals surface area contributed by atoms with Crippen molar-refractivity contribution in [3.05, 3.63) is 45.6 Å². The number of aliphatic hydroxyl groups is 1. The van der Waals surface area contributed by atoms with Gasteiger partial charge in [0.2, 0.25) is 0 Å². The van der Waals surface area contributed by atoms with E-state index in [4.69, 9.17) is 20.4 Å². The normalized spacial score (nSPS) is 10.2. The van der Waals surface area contributed by atoms with Crippen LogP contribution >= 0.6 is 11.3 Å².